The summed E-state index contributed by atoms with van der Waals surface area (Å²) in [5.74, 6) is -0.515. The molecule has 4 nitrogen and oxygen atoms in total. The largest absolute Gasteiger partial charge is 0.416 e. The van der Waals surface area contributed by atoms with E-state index in [0.717, 1.165) is 42.9 Å². The van der Waals surface area contributed by atoms with Crippen LogP contribution in [-0.4, -0.2) is 38.0 Å². The fraction of sp³-hybridized carbons (Fsp3) is 0.296. The standard InChI is InChI=1S/C27H28F3N3O/c1-32(2)24-12-10-20(11-13-24)25(33-15-14-19-6-3-4-7-22(19)18-33)17-31-26(34)21-8-5-9-23(16-21)27(28,29)30/h3-13,16,25H,14-15,17-18H2,1-2H3,(H,31,34)/t25-/m0/s1. The Morgan fingerprint density at radius 2 is 1.71 bits per heavy atom. The summed E-state index contributed by atoms with van der Waals surface area (Å²) >= 11 is 0. The minimum Gasteiger partial charge on any atom is -0.378 e. The van der Waals surface area contributed by atoms with Gasteiger partial charge in [0, 0.05) is 45.0 Å². The third-order valence-electron chi connectivity index (χ3n) is 6.30. The molecule has 0 saturated heterocycles. The smallest absolute Gasteiger partial charge is 0.378 e. The predicted octanol–water partition coefficient (Wildman–Crippen LogP) is 5.30. The van der Waals surface area contributed by atoms with E-state index in [9.17, 15) is 18.0 Å². The zero-order chi connectivity index (χ0) is 24.3. The van der Waals surface area contributed by atoms with Gasteiger partial charge in [-0.2, -0.15) is 13.2 Å². The highest BCUT2D eigenvalue weighted by atomic mass is 19.4. The SMILES string of the molecule is CN(C)c1ccc([C@H](CNC(=O)c2cccc(C(F)(F)F)c2)N2CCc3ccccc3C2)cc1. The summed E-state index contributed by atoms with van der Waals surface area (Å²) in [6.07, 6.45) is -3.59. The van der Waals surface area contributed by atoms with Crippen LogP contribution in [0.5, 0.6) is 0 Å². The van der Waals surface area contributed by atoms with Crippen molar-refractivity contribution in [2.75, 3.05) is 32.1 Å². The van der Waals surface area contributed by atoms with Gasteiger partial charge in [0.15, 0.2) is 0 Å². The van der Waals surface area contributed by atoms with Crippen LogP contribution in [0.25, 0.3) is 0 Å². The molecule has 0 aliphatic carbocycles. The lowest BCUT2D eigenvalue weighted by Gasteiger charge is -2.36. The van der Waals surface area contributed by atoms with E-state index >= 15 is 0 Å². The Morgan fingerprint density at radius 3 is 2.38 bits per heavy atom. The zero-order valence-electron chi connectivity index (χ0n) is 19.3. The fourth-order valence-corrected chi connectivity index (χ4v) is 4.36. The van der Waals surface area contributed by atoms with Crippen molar-refractivity contribution in [3.8, 4) is 0 Å². The van der Waals surface area contributed by atoms with Crippen LogP contribution in [0.15, 0.2) is 72.8 Å². The van der Waals surface area contributed by atoms with Crippen molar-refractivity contribution in [3.63, 3.8) is 0 Å². The third-order valence-corrected chi connectivity index (χ3v) is 6.30. The molecule has 178 valence electrons. The number of rotatable bonds is 6. The molecule has 0 fully saturated rings. The Balaban J connectivity index is 1.56. The predicted molar refractivity (Wildman–Crippen MR) is 128 cm³/mol. The summed E-state index contributed by atoms with van der Waals surface area (Å²) in [4.78, 5) is 17.1. The number of hydrogen-bond donors (Lipinski definition) is 1. The van der Waals surface area contributed by atoms with Crippen LogP contribution in [0.3, 0.4) is 0 Å². The summed E-state index contributed by atoms with van der Waals surface area (Å²) in [7, 11) is 3.95. The van der Waals surface area contributed by atoms with Gasteiger partial charge in [0.05, 0.1) is 11.6 Å². The van der Waals surface area contributed by atoms with E-state index < -0.39 is 17.6 Å². The minimum atomic E-state index is -4.49. The molecular weight excluding hydrogens is 439 g/mol. The van der Waals surface area contributed by atoms with E-state index in [1.807, 2.05) is 43.3 Å². The molecule has 1 atom stereocenters. The van der Waals surface area contributed by atoms with Gasteiger partial charge in [0.25, 0.3) is 5.91 Å². The number of benzene rings is 3. The number of fused-ring (bicyclic) bond motifs is 1. The van der Waals surface area contributed by atoms with E-state index in [4.69, 9.17) is 0 Å². The Labute approximate surface area is 198 Å². The van der Waals surface area contributed by atoms with Crippen LogP contribution in [-0.2, 0) is 19.1 Å². The highest BCUT2D eigenvalue weighted by Gasteiger charge is 2.31. The Kier molecular flexibility index (Phi) is 6.93. The number of amides is 1. The van der Waals surface area contributed by atoms with Crippen LogP contribution in [0.2, 0.25) is 0 Å². The van der Waals surface area contributed by atoms with E-state index in [1.54, 1.807) is 0 Å². The van der Waals surface area contributed by atoms with Gasteiger partial charge in [-0.1, -0.05) is 42.5 Å². The summed E-state index contributed by atoms with van der Waals surface area (Å²) < 4.78 is 39.2. The highest BCUT2D eigenvalue weighted by Crippen LogP contribution is 2.30. The minimum absolute atomic E-state index is 0.000482. The summed E-state index contributed by atoms with van der Waals surface area (Å²) in [5.41, 5.74) is 3.87. The monoisotopic (exact) mass is 467 g/mol. The molecule has 1 aliphatic heterocycles. The second-order valence-corrected chi connectivity index (χ2v) is 8.78. The van der Waals surface area contributed by atoms with Gasteiger partial charge in [-0.05, 0) is 53.4 Å². The van der Waals surface area contributed by atoms with Crippen molar-refractivity contribution in [1.29, 1.82) is 0 Å². The molecule has 1 N–H and O–H groups in total. The Hall–Kier alpha value is -3.32. The zero-order valence-corrected chi connectivity index (χ0v) is 19.3. The molecule has 0 saturated carbocycles. The van der Waals surface area contributed by atoms with Crippen molar-refractivity contribution in [1.82, 2.24) is 10.2 Å². The van der Waals surface area contributed by atoms with E-state index in [2.05, 4.69) is 34.5 Å². The Morgan fingerprint density at radius 1 is 1.00 bits per heavy atom. The first-order valence-electron chi connectivity index (χ1n) is 11.3. The summed E-state index contributed by atoms with van der Waals surface area (Å²) in [6, 6.07) is 20.9. The second-order valence-electron chi connectivity index (χ2n) is 8.78. The van der Waals surface area contributed by atoms with Crippen molar-refractivity contribution in [3.05, 3.63) is 101 Å². The first-order valence-corrected chi connectivity index (χ1v) is 11.3. The molecule has 34 heavy (non-hydrogen) atoms. The topological polar surface area (TPSA) is 35.6 Å². The molecule has 4 rings (SSSR count). The number of carbonyl (C=O) groups excluding carboxylic acids is 1. The van der Waals surface area contributed by atoms with Crippen LogP contribution >= 0.6 is 0 Å². The molecule has 0 aromatic heterocycles. The van der Waals surface area contributed by atoms with E-state index in [1.165, 1.54) is 23.3 Å². The first kappa shape index (κ1) is 23.8. The van der Waals surface area contributed by atoms with Crippen LogP contribution < -0.4 is 10.2 Å². The molecule has 7 heteroatoms. The van der Waals surface area contributed by atoms with Gasteiger partial charge in [-0.3, -0.25) is 9.69 Å². The molecule has 1 amide bonds. The second kappa shape index (κ2) is 9.89. The average Bonchev–Trinajstić information content (AvgIpc) is 2.84. The lowest BCUT2D eigenvalue weighted by atomic mass is 9.96. The lowest BCUT2D eigenvalue weighted by molar-refractivity contribution is -0.137. The number of nitrogens with zero attached hydrogens (tertiary/aromatic N) is 2. The van der Waals surface area contributed by atoms with Crippen molar-refractivity contribution in [2.45, 2.75) is 25.2 Å². The molecule has 0 radical (unpaired) electrons. The summed E-state index contributed by atoms with van der Waals surface area (Å²) in [5, 5.41) is 2.88. The van der Waals surface area contributed by atoms with Gasteiger partial charge in [-0.25, -0.2) is 0 Å². The molecule has 1 heterocycles. The average molecular weight is 468 g/mol. The van der Waals surface area contributed by atoms with Crippen LogP contribution in [0, 0.1) is 0 Å². The fourth-order valence-electron chi connectivity index (χ4n) is 4.36. The van der Waals surface area contributed by atoms with E-state index in [-0.39, 0.29) is 11.6 Å². The number of carbonyl (C=O) groups is 1. The normalized spacial score (nSPS) is 14.9. The van der Waals surface area contributed by atoms with Gasteiger partial charge in [0.2, 0.25) is 0 Å². The van der Waals surface area contributed by atoms with Gasteiger partial charge in [-0.15, -0.1) is 0 Å². The molecule has 1 aliphatic rings. The maximum Gasteiger partial charge on any atom is 0.416 e. The number of halogens is 3. The number of anilines is 1. The molecular formula is C27H28F3N3O. The third kappa shape index (κ3) is 5.42. The quantitative estimate of drug-likeness (QED) is 0.534. The number of nitrogens with one attached hydrogen (secondary N) is 1. The van der Waals surface area contributed by atoms with E-state index in [0.29, 0.717) is 6.54 Å². The molecule has 3 aromatic carbocycles. The first-order chi connectivity index (χ1) is 16.2. The van der Waals surface area contributed by atoms with Gasteiger partial charge < -0.3 is 10.2 Å². The van der Waals surface area contributed by atoms with Crippen LogP contribution in [0.4, 0.5) is 18.9 Å². The molecule has 0 bridgehead atoms. The number of hydrogen-bond acceptors (Lipinski definition) is 3. The van der Waals surface area contributed by atoms with Crippen molar-refractivity contribution >= 4 is 11.6 Å². The molecule has 3 aromatic rings. The van der Waals surface area contributed by atoms with Crippen molar-refractivity contribution in [2.24, 2.45) is 0 Å². The molecule has 0 unspecified atom stereocenters. The van der Waals surface area contributed by atoms with Gasteiger partial charge in [0.1, 0.15) is 0 Å². The molecule has 0 spiro atoms. The number of alkyl halides is 3. The summed E-state index contributed by atoms with van der Waals surface area (Å²) in [6.45, 7) is 1.87. The Bertz CT molecular complexity index is 1140. The van der Waals surface area contributed by atoms with Gasteiger partial charge >= 0.3 is 6.18 Å². The lowest BCUT2D eigenvalue weighted by Crippen LogP contribution is -2.40. The van der Waals surface area contributed by atoms with Crippen molar-refractivity contribution < 1.29 is 18.0 Å². The highest BCUT2D eigenvalue weighted by molar-refractivity contribution is 5.94. The maximum absolute atomic E-state index is 13.1. The maximum atomic E-state index is 13.1. The van der Waals surface area contributed by atoms with Crippen LogP contribution in [0.1, 0.15) is 38.7 Å².